The molecule has 28 heavy (non-hydrogen) atoms. The van der Waals surface area contributed by atoms with Crippen molar-refractivity contribution in [2.45, 2.75) is 40.4 Å². The molecule has 1 aromatic heterocycles. The largest absolute Gasteiger partial charge is 0.345 e. The van der Waals surface area contributed by atoms with E-state index in [-0.39, 0.29) is 5.91 Å². The predicted molar refractivity (Wildman–Crippen MR) is 118 cm³/mol. The molecule has 0 N–H and O–H groups in total. The number of carbonyl (C=O) groups excluding carboxylic acids is 1. The second kappa shape index (κ2) is 8.78. The minimum Gasteiger partial charge on any atom is -0.345 e. The van der Waals surface area contributed by atoms with Crippen molar-refractivity contribution < 1.29 is 4.79 Å². The average molecular weight is 439 g/mol. The number of benzene rings is 2. The van der Waals surface area contributed by atoms with Crippen molar-refractivity contribution in [2.75, 3.05) is 0 Å². The third-order valence-electron chi connectivity index (χ3n) is 4.69. The Morgan fingerprint density at radius 2 is 1.57 bits per heavy atom. The lowest BCUT2D eigenvalue weighted by Crippen LogP contribution is -2.39. The molecule has 0 spiro atoms. The van der Waals surface area contributed by atoms with Crippen LogP contribution in [0.5, 0.6) is 0 Å². The van der Waals surface area contributed by atoms with Crippen LogP contribution in [0.25, 0.3) is 0 Å². The number of hydrogen-bond acceptors (Lipinski definition) is 1. The van der Waals surface area contributed by atoms with Gasteiger partial charge in [0.15, 0.2) is 0 Å². The highest BCUT2D eigenvalue weighted by Gasteiger charge is 2.28. The number of aromatic nitrogens is 1. The molecular formula is C24H27BrN2O. The molecule has 0 aliphatic heterocycles. The summed E-state index contributed by atoms with van der Waals surface area (Å²) in [7, 11) is 0. The topological polar surface area (TPSA) is 25.2 Å². The second-order valence-electron chi connectivity index (χ2n) is 8.15. The number of nitrogens with zero attached hydrogens (tertiary/aromatic N) is 2. The molecule has 4 heteroatoms. The number of carbonyl (C=O) groups is 1. The van der Waals surface area contributed by atoms with Crippen LogP contribution in [0.2, 0.25) is 0 Å². The zero-order valence-corrected chi connectivity index (χ0v) is 18.3. The minimum atomic E-state index is -0.419. The van der Waals surface area contributed by atoms with E-state index in [1.54, 1.807) is 0 Å². The van der Waals surface area contributed by atoms with Crippen molar-refractivity contribution in [1.29, 1.82) is 0 Å². The molecule has 0 unspecified atom stereocenters. The van der Waals surface area contributed by atoms with E-state index in [0.29, 0.717) is 13.1 Å². The first-order chi connectivity index (χ1) is 13.3. The van der Waals surface area contributed by atoms with Gasteiger partial charge in [-0.25, -0.2) is 0 Å². The summed E-state index contributed by atoms with van der Waals surface area (Å²) in [5.41, 5.74) is 3.10. The SMILES string of the molecule is CC(C)(C)C(=O)N(Cc1ccccc1)Cc1cccn1Cc1ccc(Br)cc1. The molecule has 146 valence electrons. The summed E-state index contributed by atoms with van der Waals surface area (Å²) >= 11 is 3.49. The number of hydrogen-bond donors (Lipinski definition) is 0. The Hall–Kier alpha value is -2.33. The maximum Gasteiger partial charge on any atom is 0.228 e. The van der Waals surface area contributed by atoms with Gasteiger partial charge in [0.2, 0.25) is 5.91 Å². The van der Waals surface area contributed by atoms with Gasteiger partial charge in [0.05, 0.1) is 6.54 Å². The molecule has 0 radical (unpaired) electrons. The van der Waals surface area contributed by atoms with Crippen LogP contribution in [0.1, 0.15) is 37.6 Å². The van der Waals surface area contributed by atoms with E-state index in [9.17, 15) is 4.79 Å². The fourth-order valence-corrected chi connectivity index (χ4v) is 3.47. The third kappa shape index (κ3) is 5.35. The molecular weight excluding hydrogens is 412 g/mol. The summed E-state index contributed by atoms with van der Waals surface area (Å²) in [5.74, 6) is 0.160. The molecule has 0 bridgehead atoms. The van der Waals surface area contributed by atoms with Crippen LogP contribution in [0.15, 0.2) is 77.4 Å². The van der Waals surface area contributed by atoms with Crippen molar-refractivity contribution in [3.63, 3.8) is 0 Å². The Morgan fingerprint density at radius 3 is 2.21 bits per heavy atom. The van der Waals surface area contributed by atoms with Gasteiger partial charge < -0.3 is 9.47 Å². The van der Waals surface area contributed by atoms with Gasteiger partial charge in [-0.15, -0.1) is 0 Å². The van der Waals surface area contributed by atoms with Crippen molar-refractivity contribution >= 4 is 21.8 Å². The molecule has 3 nitrogen and oxygen atoms in total. The summed E-state index contributed by atoms with van der Waals surface area (Å²) in [6, 6.07) is 22.7. The van der Waals surface area contributed by atoms with Crippen LogP contribution < -0.4 is 0 Å². The maximum atomic E-state index is 13.1. The molecule has 3 rings (SSSR count). The Bertz CT molecular complexity index is 908. The summed E-state index contributed by atoms with van der Waals surface area (Å²) in [6.07, 6.45) is 2.08. The Kier molecular flexibility index (Phi) is 6.40. The van der Waals surface area contributed by atoms with Gasteiger partial charge in [-0.05, 0) is 35.4 Å². The van der Waals surface area contributed by atoms with Gasteiger partial charge in [0.25, 0.3) is 0 Å². The summed E-state index contributed by atoms with van der Waals surface area (Å²) in [4.78, 5) is 15.1. The van der Waals surface area contributed by atoms with Crippen LogP contribution in [-0.4, -0.2) is 15.4 Å². The monoisotopic (exact) mass is 438 g/mol. The third-order valence-corrected chi connectivity index (χ3v) is 5.22. The van der Waals surface area contributed by atoms with Crippen molar-refractivity contribution in [2.24, 2.45) is 5.41 Å². The fraction of sp³-hybridized carbons (Fsp3) is 0.292. The van der Waals surface area contributed by atoms with Crippen LogP contribution in [0.3, 0.4) is 0 Å². The molecule has 0 saturated heterocycles. The van der Waals surface area contributed by atoms with Crippen LogP contribution in [0.4, 0.5) is 0 Å². The quantitative estimate of drug-likeness (QED) is 0.471. The highest BCUT2D eigenvalue weighted by molar-refractivity contribution is 9.10. The van der Waals surface area contributed by atoms with Gasteiger partial charge in [0, 0.05) is 34.9 Å². The first-order valence-electron chi connectivity index (χ1n) is 9.55. The average Bonchev–Trinajstić information content (AvgIpc) is 3.09. The molecule has 0 aliphatic rings. The van der Waals surface area contributed by atoms with Gasteiger partial charge in [-0.1, -0.05) is 79.2 Å². The molecule has 0 atom stereocenters. The van der Waals surface area contributed by atoms with Crippen LogP contribution in [-0.2, 0) is 24.4 Å². The van der Waals surface area contributed by atoms with Crippen molar-refractivity contribution in [3.05, 3.63) is 94.2 Å². The maximum absolute atomic E-state index is 13.1. The van der Waals surface area contributed by atoms with Gasteiger partial charge >= 0.3 is 0 Å². The predicted octanol–water partition coefficient (Wildman–Crippen LogP) is 5.87. The van der Waals surface area contributed by atoms with E-state index >= 15 is 0 Å². The first-order valence-corrected chi connectivity index (χ1v) is 10.3. The normalized spacial score (nSPS) is 11.4. The molecule has 3 aromatic rings. The standard InChI is InChI=1S/C24H27BrN2O/c1-24(2,3)23(28)27(17-19-8-5-4-6-9-19)18-22-10-7-15-26(22)16-20-11-13-21(25)14-12-20/h4-15H,16-18H2,1-3H3. The van der Waals surface area contributed by atoms with E-state index < -0.39 is 5.41 Å². The number of amides is 1. The van der Waals surface area contributed by atoms with Crippen molar-refractivity contribution in [3.8, 4) is 0 Å². The van der Waals surface area contributed by atoms with E-state index in [1.807, 2.05) is 43.9 Å². The smallest absolute Gasteiger partial charge is 0.228 e. The molecule has 1 heterocycles. The van der Waals surface area contributed by atoms with Gasteiger partial charge in [-0.3, -0.25) is 4.79 Å². The lowest BCUT2D eigenvalue weighted by atomic mass is 9.94. The Morgan fingerprint density at radius 1 is 0.893 bits per heavy atom. The lowest BCUT2D eigenvalue weighted by molar-refractivity contribution is -0.140. The fourth-order valence-electron chi connectivity index (χ4n) is 3.21. The van der Waals surface area contributed by atoms with E-state index in [1.165, 1.54) is 5.56 Å². The first kappa shape index (κ1) is 20.4. The molecule has 2 aromatic carbocycles. The van der Waals surface area contributed by atoms with E-state index in [2.05, 4.69) is 75.2 Å². The van der Waals surface area contributed by atoms with Crippen LogP contribution in [0, 0.1) is 5.41 Å². The molecule has 0 fully saturated rings. The summed E-state index contributed by atoms with van der Waals surface area (Å²) in [5, 5.41) is 0. The number of rotatable bonds is 6. The minimum absolute atomic E-state index is 0.160. The zero-order chi connectivity index (χ0) is 20.1. The highest BCUT2D eigenvalue weighted by Crippen LogP contribution is 2.22. The van der Waals surface area contributed by atoms with E-state index in [0.717, 1.165) is 22.3 Å². The number of halogens is 1. The Balaban J connectivity index is 1.82. The molecule has 0 saturated carbocycles. The summed E-state index contributed by atoms with van der Waals surface area (Å²) < 4.78 is 3.30. The molecule has 1 amide bonds. The van der Waals surface area contributed by atoms with Crippen molar-refractivity contribution in [1.82, 2.24) is 9.47 Å². The van der Waals surface area contributed by atoms with Gasteiger partial charge in [-0.2, -0.15) is 0 Å². The molecule has 0 aliphatic carbocycles. The zero-order valence-electron chi connectivity index (χ0n) is 16.7. The lowest BCUT2D eigenvalue weighted by Gasteiger charge is -2.30. The summed E-state index contributed by atoms with van der Waals surface area (Å²) in [6.45, 7) is 7.93. The van der Waals surface area contributed by atoms with E-state index in [4.69, 9.17) is 0 Å². The second-order valence-corrected chi connectivity index (χ2v) is 9.07. The van der Waals surface area contributed by atoms with Crippen LogP contribution >= 0.6 is 15.9 Å². The van der Waals surface area contributed by atoms with Gasteiger partial charge in [0.1, 0.15) is 0 Å². The Labute approximate surface area is 176 Å². The highest BCUT2D eigenvalue weighted by atomic mass is 79.9.